The van der Waals surface area contributed by atoms with Crippen LogP contribution >= 0.6 is 0 Å². The highest BCUT2D eigenvalue weighted by molar-refractivity contribution is 6.48. The average Bonchev–Trinajstić information content (AvgIpc) is 2.61. The SMILES string of the molecule is CN(C)/N=C(/O[Si](C)O/C(=N/N(C)C)c1ccccc1)c1ccccc1. The molecule has 1 radical (unpaired) electrons. The van der Waals surface area contributed by atoms with Crippen LogP contribution in [0.3, 0.4) is 0 Å². The molecule has 0 amide bonds. The number of hydrazone groups is 2. The van der Waals surface area contributed by atoms with E-state index < -0.39 is 9.28 Å². The predicted molar refractivity (Wildman–Crippen MR) is 107 cm³/mol. The van der Waals surface area contributed by atoms with Gasteiger partial charge in [-0.2, -0.15) is 0 Å². The Kier molecular flexibility index (Phi) is 7.22. The highest BCUT2D eigenvalue weighted by Crippen LogP contribution is 2.09. The molecule has 7 heteroatoms. The number of hydrogen-bond donors (Lipinski definition) is 0. The fourth-order valence-corrected chi connectivity index (χ4v) is 3.00. The van der Waals surface area contributed by atoms with Crippen molar-refractivity contribution in [1.29, 1.82) is 0 Å². The Labute approximate surface area is 157 Å². The van der Waals surface area contributed by atoms with Crippen molar-refractivity contribution in [2.45, 2.75) is 6.55 Å². The Bertz CT molecular complexity index is 670. The summed E-state index contributed by atoms with van der Waals surface area (Å²) in [6.07, 6.45) is 0. The van der Waals surface area contributed by atoms with Crippen molar-refractivity contribution < 1.29 is 8.85 Å². The average molecular weight is 370 g/mol. The smallest absolute Gasteiger partial charge is 0.494 e. The van der Waals surface area contributed by atoms with E-state index in [1.165, 1.54) is 0 Å². The van der Waals surface area contributed by atoms with Gasteiger partial charge in [-0.25, -0.2) is 0 Å². The largest absolute Gasteiger partial charge is 0.531 e. The Morgan fingerprint density at radius 3 is 1.35 bits per heavy atom. The molecular formula is C19H25N4O2Si. The summed E-state index contributed by atoms with van der Waals surface area (Å²) < 4.78 is 12.1. The summed E-state index contributed by atoms with van der Waals surface area (Å²) in [5.41, 5.74) is 1.81. The van der Waals surface area contributed by atoms with Crippen LogP contribution in [0.15, 0.2) is 70.9 Å². The first kappa shape index (κ1) is 19.5. The van der Waals surface area contributed by atoms with Crippen molar-refractivity contribution in [1.82, 2.24) is 10.0 Å². The zero-order valence-electron chi connectivity index (χ0n) is 15.9. The van der Waals surface area contributed by atoms with Gasteiger partial charge in [0.1, 0.15) is 0 Å². The van der Waals surface area contributed by atoms with Crippen LogP contribution in [0.5, 0.6) is 0 Å². The van der Waals surface area contributed by atoms with Crippen molar-refractivity contribution in [3.63, 3.8) is 0 Å². The molecule has 137 valence electrons. The van der Waals surface area contributed by atoms with E-state index in [1.807, 2.05) is 95.4 Å². The standard InChI is InChI=1S/C19H25N4O2Si/c1-22(2)20-18(16-12-8-6-9-13-16)24-26(5)25-19(21-23(3)4)17-14-10-7-11-15-17/h6-15H,1-5H3/b20-18+,21-19+. The summed E-state index contributed by atoms with van der Waals surface area (Å²) in [5, 5.41) is 12.3. The van der Waals surface area contributed by atoms with Gasteiger partial charge in [0.05, 0.1) is 0 Å². The molecule has 0 spiro atoms. The minimum atomic E-state index is -1.69. The van der Waals surface area contributed by atoms with Crippen LogP contribution in [0.4, 0.5) is 0 Å². The molecule has 0 aliphatic rings. The molecule has 6 nitrogen and oxygen atoms in total. The van der Waals surface area contributed by atoms with Crippen LogP contribution in [0.2, 0.25) is 6.55 Å². The first-order chi connectivity index (χ1) is 12.5. The zero-order valence-corrected chi connectivity index (χ0v) is 16.9. The minimum absolute atomic E-state index is 0.532. The lowest BCUT2D eigenvalue weighted by molar-refractivity contribution is 0.371. The fourth-order valence-electron chi connectivity index (χ4n) is 2.09. The van der Waals surface area contributed by atoms with Gasteiger partial charge in [0.15, 0.2) is 0 Å². The third-order valence-electron chi connectivity index (χ3n) is 3.10. The molecule has 2 aromatic rings. The molecule has 0 heterocycles. The Morgan fingerprint density at radius 1 is 0.692 bits per heavy atom. The molecule has 26 heavy (non-hydrogen) atoms. The number of benzene rings is 2. The Balaban J connectivity index is 2.19. The van der Waals surface area contributed by atoms with E-state index in [9.17, 15) is 0 Å². The summed E-state index contributed by atoms with van der Waals surface area (Å²) in [6, 6.07) is 19.6. The van der Waals surface area contributed by atoms with Gasteiger partial charge in [-0.3, -0.25) is 10.0 Å². The lowest BCUT2D eigenvalue weighted by Gasteiger charge is -2.19. The van der Waals surface area contributed by atoms with Crippen LogP contribution < -0.4 is 0 Å². The van der Waals surface area contributed by atoms with Crippen LogP contribution in [0.25, 0.3) is 0 Å². The van der Waals surface area contributed by atoms with Gasteiger partial charge in [0.25, 0.3) is 0 Å². The summed E-state index contributed by atoms with van der Waals surface area (Å²) in [7, 11) is 5.75. The Hall–Kier alpha value is -2.80. The Morgan fingerprint density at radius 2 is 1.04 bits per heavy atom. The fraction of sp³-hybridized carbons (Fsp3) is 0.263. The second-order valence-corrected chi connectivity index (χ2v) is 7.32. The molecule has 0 fully saturated rings. The molecule has 0 saturated carbocycles. The van der Waals surface area contributed by atoms with E-state index >= 15 is 0 Å². The van der Waals surface area contributed by atoms with Gasteiger partial charge in [0, 0.05) is 45.9 Å². The molecule has 0 aliphatic heterocycles. The number of rotatable bonds is 6. The van der Waals surface area contributed by atoms with Crippen LogP contribution in [-0.2, 0) is 8.85 Å². The zero-order chi connectivity index (χ0) is 18.9. The first-order valence-corrected chi connectivity index (χ1v) is 10.1. The number of nitrogens with zero attached hydrogens (tertiary/aromatic N) is 4. The molecule has 0 saturated heterocycles. The van der Waals surface area contributed by atoms with Crippen molar-refractivity contribution >= 4 is 21.1 Å². The maximum absolute atomic E-state index is 6.07. The minimum Gasteiger partial charge on any atom is -0.494 e. The molecule has 2 rings (SSSR count). The van der Waals surface area contributed by atoms with Crippen molar-refractivity contribution in [2.75, 3.05) is 28.2 Å². The molecule has 0 aromatic heterocycles. The summed E-state index contributed by atoms with van der Waals surface area (Å²) in [5.74, 6) is 1.06. The molecule has 0 atom stereocenters. The number of hydrogen-bond acceptors (Lipinski definition) is 6. The topological polar surface area (TPSA) is 49.7 Å². The molecular weight excluding hydrogens is 344 g/mol. The highest BCUT2D eigenvalue weighted by atomic mass is 28.3. The maximum atomic E-state index is 6.07. The molecule has 0 unspecified atom stereocenters. The van der Waals surface area contributed by atoms with Gasteiger partial charge in [-0.15, -0.1) is 10.2 Å². The van der Waals surface area contributed by atoms with Gasteiger partial charge in [-0.1, -0.05) is 36.4 Å². The second-order valence-electron chi connectivity index (χ2n) is 5.93. The van der Waals surface area contributed by atoms with Gasteiger partial charge >= 0.3 is 9.28 Å². The van der Waals surface area contributed by atoms with E-state index in [-0.39, 0.29) is 0 Å². The molecule has 0 bridgehead atoms. The van der Waals surface area contributed by atoms with E-state index in [2.05, 4.69) is 10.2 Å². The third kappa shape index (κ3) is 6.25. The normalized spacial score (nSPS) is 12.1. The van der Waals surface area contributed by atoms with Crippen LogP contribution in [-0.4, -0.2) is 59.3 Å². The third-order valence-corrected chi connectivity index (χ3v) is 4.07. The van der Waals surface area contributed by atoms with Crippen molar-refractivity contribution in [3.05, 3.63) is 71.8 Å². The van der Waals surface area contributed by atoms with Crippen molar-refractivity contribution in [2.24, 2.45) is 10.2 Å². The van der Waals surface area contributed by atoms with Gasteiger partial charge in [0.2, 0.25) is 11.8 Å². The van der Waals surface area contributed by atoms with E-state index in [1.54, 1.807) is 10.0 Å². The summed E-state index contributed by atoms with van der Waals surface area (Å²) >= 11 is 0. The quantitative estimate of drug-likeness (QED) is 0.340. The second kappa shape index (κ2) is 9.62. The summed E-state index contributed by atoms with van der Waals surface area (Å²) in [4.78, 5) is 0. The molecule has 0 N–H and O–H groups in total. The van der Waals surface area contributed by atoms with E-state index in [0.717, 1.165) is 11.1 Å². The molecule has 2 aromatic carbocycles. The maximum Gasteiger partial charge on any atom is 0.531 e. The predicted octanol–water partition coefficient (Wildman–Crippen LogP) is 2.98. The summed E-state index contributed by atoms with van der Waals surface area (Å²) in [6.45, 7) is 1.92. The molecule has 0 aliphatic carbocycles. The monoisotopic (exact) mass is 369 g/mol. The van der Waals surface area contributed by atoms with Crippen molar-refractivity contribution in [3.8, 4) is 0 Å². The lowest BCUT2D eigenvalue weighted by atomic mass is 10.2. The van der Waals surface area contributed by atoms with Crippen LogP contribution in [0.1, 0.15) is 11.1 Å². The van der Waals surface area contributed by atoms with E-state index in [4.69, 9.17) is 8.85 Å². The van der Waals surface area contributed by atoms with Gasteiger partial charge in [-0.05, 0) is 24.3 Å². The first-order valence-electron chi connectivity index (χ1n) is 8.27. The highest BCUT2D eigenvalue weighted by Gasteiger charge is 2.20. The van der Waals surface area contributed by atoms with E-state index in [0.29, 0.717) is 11.8 Å². The van der Waals surface area contributed by atoms with Crippen LogP contribution in [0, 0.1) is 0 Å². The lowest BCUT2D eigenvalue weighted by Crippen LogP contribution is -2.29. The van der Waals surface area contributed by atoms with Gasteiger partial charge < -0.3 is 8.85 Å².